The highest BCUT2D eigenvalue weighted by Gasteiger charge is 1.73. The predicted octanol–water partition coefficient (Wildman–Crippen LogP) is 3.27. The number of hydrogen-bond donors (Lipinski definition) is 2. The Morgan fingerprint density at radius 3 is 1.12 bits per heavy atom. The zero-order valence-corrected chi connectivity index (χ0v) is 19.3. The highest BCUT2D eigenvalue weighted by molar-refractivity contribution is 7.80. The van der Waals surface area contributed by atoms with Gasteiger partial charge in [0, 0.05) is 27.3 Å². The monoisotopic (exact) mass is 388 g/mol. The molecule has 0 aliphatic rings. The lowest BCUT2D eigenvalue weighted by molar-refractivity contribution is -0.118. The van der Waals surface area contributed by atoms with E-state index in [1.807, 2.05) is 27.8 Å². The van der Waals surface area contributed by atoms with Crippen molar-refractivity contribution < 1.29 is 18.0 Å². The fourth-order valence-electron chi connectivity index (χ4n) is 0. The molecule has 0 aromatic heterocycles. The maximum atomic E-state index is 9.70. The summed E-state index contributed by atoms with van der Waals surface area (Å²) in [6, 6.07) is 0. The first-order valence-corrected chi connectivity index (χ1v) is 9.57. The average molecular weight is 389 g/mol. The first-order valence-electron chi connectivity index (χ1n) is 7.68. The van der Waals surface area contributed by atoms with Crippen LogP contribution in [0.15, 0.2) is 0 Å². The second-order valence-corrected chi connectivity index (χ2v) is 5.54. The van der Waals surface area contributed by atoms with E-state index in [1.165, 1.54) is 40.6 Å². The van der Waals surface area contributed by atoms with Gasteiger partial charge in [-0.1, -0.05) is 46.3 Å². The molecule has 1 atom stereocenters. The Balaban J connectivity index is -0.0000000415. The van der Waals surface area contributed by atoms with Crippen LogP contribution in [0.5, 0.6) is 0 Å². The SMILES string of the molecule is CC.CC(C)=O.CCC.CNC(C)=O.CNC(C)=S.COS(C)=O. The van der Waals surface area contributed by atoms with Crippen LogP contribution >= 0.6 is 12.2 Å². The van der Waals surface area contributed by atoms with E-state index in [1.54, 1.807) is 7.05 Å². The summed E-state index contributed by atoms with van der Waals surface area (Å²) in [4.78, 5) is 20.0. The summed E-state index contributed by atoms with van der Waals surface area (Å²) in [7, 11) is 4.81. The van der Waals surface area contributed by atoms with Crippen molar-refractivity contribution in [3.63, 3.8) is 0 Å². The molecule has 24 heavy (non-hydrogen) atoms. The van der Waals surface area contributed by atoms with Crippen LogP contribution in [0.1, 0.15) is 61.8 Å². The lowest BCUT2D eigenvalue weighted by Crippen LogP contribution is -2.11. The Morgan fingerprint density at radius 2 is 1.12 bits per heavy atom. The molecule has 0 saturated carbocycles. The number of ketones is 1. The van der Waals surface area contributed by atoms with Gasteiger partial charge in [0.2, 0.25) is 5.91 Å². The van der Waals surface area contributed by atoms with Crippen LogP contribution in [-0.4, -0.2) is 48.3 Å². The second kappa shape index (κ2) is 43.2. The molecule has 0 spiro atoms. The van der Waals surface area contributed by atoms with Crippen molar-refractivity contribution in [2.75, 3.05) is 27.5 Å². The van der Waals surface area contributed by atoms with Gasteiger partial charge in [-0.05, 0) is 20.8 Å². The Morgan fingerprint density at radius 1 is 1.00 bits per heavy atom. The number of carbonyl (C=O) groups is 2. The number of nitrogens with one attached hydrogen (secondary N) is 2. The Bertz CT molecular complexity index is 250. The number of carbonyl (C=O) groups excluding carboxylic acids is 2. The molecule has 2 N–H and O–H groups in total. The number of thiocarbonyl (C=S) groups is 1. The quantitative estimate of drug-likeness (QED) is 0.671. The standard InChI is InChI=1S/C3H7NO.C3H7NS.C3H6O.C3H8.C2H6O2S.C2H6/c2*1-3(5)4-2;1-3(2)4;1-3-2;1-4-5(2)3;1-2/h2*1-2H3,(H,4,5);1-2H3;3H2,1-2H3;1-2H3;1-2H3. The van der Waals surface area contributed by atoms with E-state index >= 15 is 0 Å². The number of Topliss-reactive ketones (excluding diaryl/α,β-unsaturated/α-hetero) is 1. The summed E-state index contributed by atoms with van der Waals surface area (Å²) in [6.07, 6.45) is 2.72. The van der Waals surface area contributed by atoms with Crippen LogP contribution in [-0.2, 0) is 24.9 Å². The van der Waals surface area contributed by atoms with E-state index in [2.05, 4.69) is 40.9 Å². The largest absolute Gasteiger partial charge is 0.383 e. The lowest BCUT2D eigenvalue weighted by Gasteiger charge is -1.84. The summed E-state index contributed by atoms with van der Waals surface area (Å²) in [5.74, 6) is 0.171. The van der Waals surface area contributed by atoms with Crippen LogP contribution in [0.4, 0.5) is 0 Å². The Kier molecular flexibility index (Phi) is 69.4. The van der Waals surface area contributed by atoms with E-state index < -0.39 is 11.1 Å². The van der Waals surface area contributed by atoms with Gasteiger partial charge in [0.05, 0.1) is 12.1 Å². The lowest BCUT2D eigenvalue weighted by atomic mass is 10.6. The van der Waals surface area contributed by atoms with Gasteiger partial charge in [0.15, 0.2) is 11.1 Å². The molecule has 0 saturated heterocycles. The maximum Gasteiger partial charge on any atom is 0.216 e. The van der Waals surface area contributed by atoms with Crippen molar-refractivity contribution in [1.29, 1.82) is 0 Å². The van der Waals surface area contributed by atoms with E-state index in [9.17, 15) is 13.8 Å². The molecule has 6 nitrogen and oxygen atoms in total. The molecule has 0 rings (SSSR count). The molecule has 1 unspecified atom stereocenters. The number of rotatable bonds is 1. The van der Waals surface area contributed by atoms with Gasteiger partial charge in [0.25, 0.3) is 0 Å². The molecule has 150 valence electrons. The molecular formula is C16H40N2O4S2. The summed E-state index contributed by atoms with van der Waals surface area (Å²) in [5, 5.41) is 5.15. The molecule has 0 aromatic rings. The molecule has 1 amide bonds. The van der Waals surface area contributed by atoms with E-state index in [4.69, 9.17) is 0 Å². The molecule has 0 aromatic carbocycles. The topological polar surface area (TPSA) is 84.5 Å². The first kappa shape index (κ1) is 38.6. The molecule has 0 fully saturated rings. The Hall–Kier alpha value is -0.860. The fraction of sp³-hybridized carbons (Fsp3) is 0.812. The first-order chi connectivity index (χ1) is 11.0. The third kappa shape index (κ3) is 325. The smallest absolute Gasteiger partial charge is 0.216 e. The van der Waals surface area contributed by atoms with Gasteiger partial charge in [-0.25, -0.2) is 4.21 Å². The van der Waals surface area contributed by atoms with E-state index in [0.717, 1.165) is 4.99 Å². The van der Waals surface area contributed by atoms with Crippen molar-refractivity contribution in [3.05, 3.63) is 0 Å². The summed E-state index contributed by atoms with van der Waals surface area (Å²) in [5.41, 5.74) is 0. The van der Waals surface area contributed by atoms with Gasteiger partial charge in [0.1, 0.15) is 5.78 Å². The zero-order valence-electron chi connectivity index (χ0n) is 17.7. The molecular weight excluding hydrogens is 348 g/mol. The van der Waals surface area contributed by atoms with Gasteiger partial charge < -0.3 is 15.4 Å². The fourth-order valence-corrected chi connectivity index (χ4v) is 0. The van der Waals surface area contributed by atoms with E-state index in [0.29, 0.717) is 0 Å². The molecule has 0 bridgehead atoms. The van der Waals surface area contributed by atoms with Crippen LogP contribution in [0.25, 0.3) is 0 Å². The van der Waals surface area contributed by atoms with Gasteiger partial charge >= 0.3 is 0 Å². The summed E-state index contributed by atoms with van der Waals surface area (Å²) in [6.45, 7) is 14.6. The third-order valence-corrected chi connectivity index (χ3v) is 1.61. The van der Waals surface area contributed by atoms with Gasteiger partial charge in [-0.3, -0.25) is 8.98 Å². The number of hydrogen-bond acceptors (Lipinski definition) is 5. The zero-order chi connectivity index (χ0) is 21.1. The van der Waals surface area contributed by atoms with Crippen molar-refractivity contribution in [2.45, 2.75) is 61.8 Å². The van der Waals surface area contributed by atoms with Crippen molar-refractivity contribution in [2.24, 2.45) is 0 Å². The molecule has 0 radical (unpaired) electrons. The minimum Gasteiger partial charge on any atom is -0.383 e. The Labute approximate surface area is 158 Å². The van der Waals surface area contributed by atoms with Crippen molar-refractivity contribution in [1.82, 2.24) is 10.6 Å². The minimum absolute atomic E-state index is 0.00463. The highest BCUT2D eigenvalue weighted by Crippen LogP contribution is 1.65. The molecule has 0 aliphatic carbocycles. The van der Waals surface area contributed by atoms with Gasteiger partial charge in [-0.15, -0.1) is 0 Å². The maximum absolute atomic E-state index is 9.70. The van der Waals surface area contributed by atoms with Crippen LogP contribution < -0.4 is 10.6 Å². The molecule has 0 heterocycles. The normalized spacial score (nSPS) is 8.00. The second-order valence-electron chi connectivity index (χ2n) is 3.80. The van der Waals surface area contributed by atoms with E-state index in [-0.39, 0.29) is 11.7 Å². The van der Waals surface area contributed by atoms with Crippen LogP contribution in [0, 0.1) is 0 Å². The highest BCUT2D eigenvalue weighted by atomic mass is 32.2. The molecule has 0 aliphatic heterocycles. The summed E-state index contributed by atoms with van der Waals surface area (Å²) < 4.78 is 13.9. The molecule has 8 heteroatoms. The van der Waals surface area contributed by atoms with Crippen molar-refractivity contribution in [3.8, 4) is 0 Å². The number of amides is 1. The average Bonchev–Trinajstić information content (AvgIpc) is 2.50. The third-order valence-electron chi connectivity index (χ3n) is 0.939. The van der Waals surface area contributed by atoms with Crippen LogP contribution in [0.3, 0.4) is 0 Å². The summed E-state index contributed by atoms with van der Waals surface area (Å²) >= 11 is 3.51. The van der Waals surface area contributed by atoms with Crippen LogP contribution in [0.2, 0.25) is 0 Å². The minimum atomic E-state index is -1.07. The van der Waals surface area contributed by atoms with Crippen molar-refractivity contribution >= 4 is 40.0 Å². The predicted molar refractivity (Wildman–Crippen MR) is 112 cm³/mol. The van der Waals surface area contributed by atoms with Gasteiger partial charge in [-0.2, -0.15) is 0 Å².